The molecule has 0 saturated heterocycles. The van der Waals surface area contributed by atoms with Gasteiger partial charge in [-0.1, -0.05) is 437 Å². The largest absolute Gasteiger partial charge is 0.481 e. The molecule has 0 amide bonds. The second-order valence-electron chi connectivity index (χ2n) is 26.4. The summed E-state index contributed by atoms with van der Waals surface area (Å²) in [4.78, 5) is 10.5. The molecule has 474 valence electrons. The van der Waals surface area contributed by atoms with E-state index in [1.807, 2.05) is 0 Å². The molecule has 0 aromatic carbocycles. The monoisotopic (exact) mass is 1110 g/mol. The Labute approximate surface area is 499 Å². The first-order valence-electron chi connectivity index (χ1n) is 37.8. The standard InChI is InChI=1S/C75H151NO3/c77-74-70-68-66-64-62-60-58-56-54-52-50-48-46-44-42-40-38-36-34-32-30-28-26-24-22-20-18-16-14-12-10-8-6-4-2-1-3-5-7-9-11-13-15-17-19-21-23-25-27-29-31-33-35-37-39-41-43-45-47-49-51-53-55-57-59-61-63-65-67-69-72-76-73-71-75(78)79/h76-77H,1-74H2,(H,78,79). The topological polar surface area (TPSA) is 69.6 Å². The minimum atomic E-state index is -0.708. The molecule has 0 fully saturated rings. The Bertz CT molecular complexity index is 1050. The van der Waals surface area contributed by atoms with Crippen LogP contribution in [0.1, 0.15) is 456 Å². The second kappa shape index (κ2) is 75.4. The zero-order valence-corrected chi connectivity index (χ0v) is 54.6. The minimum absolute atomic E-state index is 0.235. The van der Waals surface area contributed by atoms with Crippen molar-refractivity contribution >= 4 is 5.97 Å². The van der Waals surface area contributed by atoms with Gasteiger partial charge in [0, 0.05) is 13.2 Å². The van der Waals surface area contributed by atoms with E-state index in [-0.39, 0.29) is 6.42 Å². The van der Waals surface area contributed by atoms with Gasteiger partial charge in [-0.3, -0.25) is 4.79 Å². The molecule has 0 rings (SSSR count). The Balaban J connectivity index is 3.08. The molecule has 79 heavy (non-hydrogen) atoms. The maximum absolute atomic E-state index is 10.5. The van der Waals surface area contributed by atoms with Crippen LogP contribution in [0.15, 0.2) is 0 Å². The highest BCUT2D eigenvalue weighted by Gasteiger charge is 2.02. The third kappa shape index (κ3) is 77.4. The summed E-state index contributed by atoms with van der Waals surface area (Å²) in [6, 6.07) is 0. The van der Waals surface area contributed by atoms with E-state index < -0.39 is 5.97 Å². The Morgan fingerprint density at radius 3 is 0.405 bits per heavy atom. The third-order valence-electron chi connectivity index (χ3n) is 18.3. The number of aliphatic carboxylic acids is 1. The van der Waals surface area contributed by atoms with E-state index in [0.717, 1.165) is 13.0 Å². The first-order chi connectivity index (χ1) is 39.3. The lowest BCUT2D eigenvalue weighted by molar-refractivity contribution is -0.136. The van der Waals surface area contributed by atoms with Crippen LogP contribution in [0.5, 0.6) is 0 Å². The third-order valence-corrected chi connectivity index (χ3v) is 18.3. The Kier molecular flexibility index (Phi) is 74.8. The Morgan fingerprint density at radius 2 is 0.291 bits per heavy atom. The molecule has 0 bridgehead atoms. The molecule has 0 saturated carbocycles. The summed E-state index contributed by atoms with van der Waals surface area (Å²) in [7, 11) is 0. The lowest BCUT2D eigenvalue weighted by atomic mass is 10.0. The Hall–Kier alpha value is -0.610. The fraction of sp³-hybridized carbons (Fsp3) is 0.987. The summed E-state index contributed by atoms with van der Waals surface area (Å²) in [5.41, 5.74) is 0. The molecule has 3 N–H and O–H groups in total. The van der Waals surface area contributed by atoms with Gasteiger partial charge < -0.3 is 15.5 Å². The number of aliphatic hydroxyl groups is 1. The van der Waals surface area contributed by atoms with Crippen molar-refractivity contribution in [3.05, 3.63) is 0 Å². The van der Waals surface area contributed by atoms with Crippen LogP contribution in [0.4, 0.5) is 0 Å². The maximum atomic E-state index is 10.5. The minimum Gasteiger partial charge on any atom is -0.481 e. The van der Waals surface area contributed by atoms with E-state index in [1.165, 1.54) is 443 Å². The van der Waals surface area contributed by atoms with Crippen LogP contribution in [0.2, 0.25) is 0 Å². The zero-order chi connectivity index (χ0) is 56.6. The zero-order valence-electron chi connectivity index (χ0n) is 54.6. The van der Waals surface area contributed by atoms with E-state index in [0.29, 0.717) is 13.2 Å². The van der Waals surface area contributed by atoms with Crippen LogP contribution in [0, 0.1) is 0 Å². The molecular formula is C75H151NO3. The summed E-state index contributed by atoms with van der Waals surface area (Å²) in [6.45, 7) is 1.94. The number of carboxylic acid groups (broad SMARTS) is 1. The van der Waals surface area contributed by atoms with Crippen LogP contribution in [-0.4, -0.2) is 35.9 Å². The van der Waals surface area contributed by atoms with E-state index >= 15 is 0 Å². The van der Waals surface area contributed by atoms with E-state index in [1.54, 1.807) is 0 Å². The van der Waals surface area contributed by atoms with Crippen molar-refractivity contribution in [3.63, 3.8) is 0 Å². The highest BCUT2D eigenvalue weighted by Crippen LogP contribution is 2.21. The first kappa shape index (κ1) is 78.4. The molecule has 0 aliphatic heterocycles. The average molecular weight is 1120 g/mol. The molecule has 0 aliphatic carbocycles. The number of rotatable bonds is 75. The maximum Gasteiger partial charge on any atom is 0.304 e. The van der Waals surface area contributed by atoms with E-state index in [2.05, 4.69) is 5.32 Å². The van der Waals surface area contributed by atoms with Crippen LogP contribution in [0.3, 0.4) is 0 Å². The molecular weight excluding hydrogens is 963 g/mol. The van der Waals surface area contributed by atoms with Crippen LogP contribution < -0.4 is 5.32 Å². The molecule has 0 heterocycles. The van der Waals surface area contributed by atoms with Crippen molar-refractivity contribution in [3.8, 4) is 0 Å². The molecule has 0 radical (unpaired) electrons. The lowest BCUT2D eigenvalue weighted by Crippen LogP contribution is -2.19. The highest BCUT2D eigenvalue weighted by atomic mass is 16.4. The predicted molar refractivity (Wildman–Crippen MR) is 355 cm³/mol. The quantitative estimate of drug-likeness (QED) is 0.0531. The first-order valence-corrected chi connectivity index (χ1v) is 37.8. The summed E-state index contributed by atoms with van der Waals surface area (Å²) < 4.78 is 0. The smallest absolute Gasteiger partial charge is 0.304 e. The molecule has 0 unspecified atom stereocenters. The fourth-order valence-corrected chi connectivity index (χ4v) is 12.7. The van der Waals surface area contributed by atoms with Gasteiger partial charge in [-0.15, -0.1) is 0 Å². The molecule has 0 atom stereocenters. The molecule has 0 aromatic heterocycles. The van der Waals surface area contributed by atoms with Crippen molar-refractivity contribution in [2.45, 2.75) is 456 Å². The van der Waals surface area contributed by atoms with Gasteiger partial charge >= 0.3 is 5.97 Å². The summed E-state index contributed by atoms with van der Waals surface area (Å²) in [5, 5.41) is 20.7. The normalized spacial score (nSPS) is 11.7. The number of nitrogens with one attached hydrogen (secondary N) is 1. The van der Waals surface area contributed by atoms with E-state index in [4.69, 9.17) is 10.2 Å². The average Bonchev–Trinajstić information content (AvgIpc) is 3.45. The van der Waals surface area contributed by atoms with Gasteiger partial charge in [-0.25, -0.2) is 0 Å². The number of aliphatic hydroxyl groups excluding tert-OH is 1. The van der Waals surface area contributed by atoms with Gasteiger partial charge in [0.15, 0.2) is 0 Å². The van der Waals surface area contributed by atoms with Gasteiger partial charge in [0.25, 0.3) is 0 Å². The highest BCUT2D eigenvalue weighted by molar-refractivity contribution is 5.66. The molecule has 0 aliphatic rings. The number of unbranched alkanes of at least 4 members (excludes halogenated alkanes) is 69. The summed E-state index contributed by atoms with van der Waals surface area (Å²) in [6.07, 6.45) is 102. The molecule has 0 aromatic rings. The molecule has 4 heteroatoms. The molecule has 0 spiro atoms. The number of carbonyl (C=O) groups is 1. The fourth-order valence-electron chi connectivity index (χ4n) is 12.7. The van der Waals surface area contributed by atoms with Crippen molar-refractivity contribution in [1.29, 1.82) is 0 Å². The van der Waals surface area contributed by atoms with Crippen LogP contribution in [0.25, 0.3) is 0 Å². The van der Waals surface area contributed by atoms with Crippen LogP contribution >= 0.6 is 0 Å². The van der Waals surface area contributed by atoms with Crippen molar-refractivity contribution in [2.75, 3.05) is 19.7 Å². The van der Waals surface area contributed by atoms with Gasteiger partial charge in [-0.05, 0) is 19.4 Å². The van der Waals surface area contributed by atoms with Crippen molar-refractivity contribution in [1.82, 2.24) is 5.32 Å². The van der Waals surface area contributed by atoms with Crippen LogP contribution in [-0.2, 0) is 4.79 Å². The number of hydrogen-bond donors (Lipinski definition) is 3. The summed E-state index contributed by atoms with van der Waals surface area (Å²) in [5.74, 6) is -0.708. The van der Waals surface area contributed by atoms with E-state index in [9.17, 15) is 4.79 Å². The van der Waals surface area contributed by atoms with Gasteiger partial charge in [0.05, 0.1) is 6.42 Å². The van der Waals surface area contributed by atoms with Crippen molar-refractivity contribution < 1.29 is 15.0 Å². The second-order valence-corrected chi connectivity index (χ2v) is 26.4. The van der Waals surface area contributed by atoms with Gasteiger partial charge in [0.1, 0.15) is 0 Å². The van der Waals surface area contributed by atoms with Crippen molar-refractivity contribution in [2.24, 2.45) is 0 Å². The molecule has 4 nitrogen and oxygen atoms in total. The summed E-state index contributed by atoms with van der Waals surface area (Å²) >= 11 is 0. The van der Waals surface area contributed by atoms with Gasteiger partial charge in [-0.2, -0.15) is 0 Å². The number of hydrogen-bond acceptors (Lipinski definition) is 3. The Morgan fingerprint density at radius 1 is 0.177 bits per heavy atom. The predicted octanol–water partition coefficient (Wildman–Crippen LogP) is 26.4. The lowest BCUT2D eigenvalue weighted by Gasteiger charge is -2.05. The van der Waals surface area contributed by atoms with Gasteiger partial charge in [0.2, 0.25) is 0 Å². The number of carboxylic acids is 1. The SMILES string of the molecule is O=C(O)CCNCCCCCCCCCCCCCCCCCCCCCCCCCCCCCCCCCCCCCCCCCCCCCCCCCCCCCCCCCCCCCCCCCCCCCCCCO.